The molecule has 0 saturated carbocycles. The number of anilines is 2. The van der Waals surface area contributed by atoms with Crippen LogP contribution in [0.4, 0.5) is 11.4 Å². The molecule has 110 valence electrons. The van der Waals surface area contributed by atoms with Crippen molar-refractivity contribution >= 4 is 17.3 Å². The van der Waals surface area contributed by atoms with Crippen LogP contribution in [0.1, 0.15) is 10.4 Å². The Kier molecular flexibility index (Phi) is 4.33. The highest BCUT2D eigenvalue weighted by Crippen LogP contribution is 2.24. The van der Waals surface area contributed by atoms with Crippen molar-refractivity contribution in [1.82, 2.24) is 0 Å². The number of nitrogens with zero attached hydrogens (tertiary/aromatic N) is 1. The standard InChI is InChI=1S/C16H18N2O3/c1-18(11-4-6-12(20-2)7-5-11)16(19)14-9-8-13(21-3)10-15(14)17/h4-10H,17H2,1-3H3. The number of carbonyl (C=O) groups excluding carboxylic acids is 1. The van der Waals surface area contributed by atoms with Gasteiger partial charge in [0, 0.05) is 24.5 Å². The molecule has 0 atom stereocenters. The van der Waals surface area contributed by atoms with E-state index in [0.717, 1.165) is 11.4 Å². The molecule has 0 fully saturated rings. The third-order valence-corrected chi connectivity index (χ3v) is 3.25. The van der Waals surface area contributed by atoms with E-state index in [1.54, 1.807) is 51.6 Å². The lowest BCUT2D eigenvalue weighted by Crippen LogP contribution is -2.27. The van der Waals surface area contributed by atoms with Crippen LogP contribution in [0.25, 0.3) is 0 Å². The fourth-order valence-corrected chi connectivity index (χ4v) is 1.97. The van der Waals surface area contributed by atoms with E-state index in [9.17, 15) is 4.79 Å². The normalized spacial score (nSPS) is 10.0. The third-order valence-electron chi connectivity index (χ3n) is 3.25. The van der Waals surface area contributed by atoms with Gasteiger partial charge in [-0.25, -0.2) is 0 Å². The van der Waals surface area contributed by atoms with E-state index in [0.29, 0.717) is 17.0 Å². The maximum absolute atomic E-state index is 12.5. The minimum Gasteiger partial charge on any atom is -0.497 e. The van der Waals surface area contributed by atoms with E-state index in [4.69, 9.17) is 15.2 Å². The van der Waals surface area contributed by atoms with Crippen molar-refractivity contribution in [3.8, 4) is 11.5 Å². The predicted molar refractivity (Wildman–Crippen MR) is 83.1 cm³/mol. The Balaban J connectivity index is 2.25. The zero-order valence-corrected chi connectivity index (χ0v) is 12.3. The molecule has 0 aliphatic carbocycles. The van der Waals surface area contributed by atoms with Crippen molar-refractivity contribution < 1.29 is 14.3 Å². The first kappa shape index (κ1) is 14.7. The number of rotatable bonds is 4. The van der Waals surface area contributed by atoms with Gasteiger partial charge in [-0.15, -0.1) is 0 Å². The summed E-state index contributed by atoms with van der Waals surface area (Å²) in [6, 6.07) is 12.2. The molecule has 0 aliphatic heterocycles. The summed E-state index contributed by atoms with van der Waals surface area (Å²) in [7, 11) is 4.86. The van der Waals surface area contributed by atoms with Gasteiger partial charge in [0.1, 0.15) is 11.5 Å². The van der Waals surface area contributed by atoms with Crippen LogP contribution in [0.15, 0.2) is 42.5 Å². The molecule has 2 rings (SSSR count). The summed E-state index contributed by atoms with van der Waals surface area (Å²) < 4.78 is 10.2. The summed E-state index contributed by atoms with van der Waals surface area (Å²) >= 11 is 0. The van der Waals surface area contributed by atoms with Gasteiger partial charge >= 0.3 is 0 Å². The van der Waals surface area contributed by atoms with E-state index in [-0.39, 0.29) is 5.91 Å². The Labute approximate surface area is 123 Å². The Morgan fingerprint density at radius 1 is 1.00 bits per heavy atom. The fraction of sp³-hybridized carbons (Fsp3) is 0.188. The third kappa shape index (κ3) is 3.08. The quantitative estimate of drug-likeness (QED) is 0.877. The highest BCUT2D eigenvalue weighted by atomic mass is 16.5. The molecule has 0 spiro atoms. The molecule has 0 radical (unpaired) electrons. The summed E-state index contributed by atoms with van der Waals surface area (Å²) in [4.78, 5) is 14.0. The SMILES string of the molecule is COc1ccc(N(C)C(=O)c2ccc(OC)cc2N)cc1. The number of methoxy groups -OCH3 is 2. The summed E-state index contributed by atoms with van der Waals surface area (Å²) in [6.07, 6.45) is 0. The summed E-state index contributed by atoms with van der Waals surface area (Å²) in [5, 5.41) is 0. The van der Waals surface area contributed by atoms with Gasteiger partial charge in [-0.1, -0.05) is 0 Å². The minimum absolute atomic E-state index is 0.180. The molecule has 5 nitrogen and oxygen atoms in total. The first-order valence-corrected chi connectivity index (χ1v) is 6.42. The van der Waals surface area contributed by atoms with Gasteiger partial charge in [0.2, 0.25) is 0 Å². The molecule has 0 heterocycles. The van der Waals surface area contributed by atoms with Gasteiger partial charge in [0.25, 0.3) is 5.91 Å². The Bertz CT molecular complexity index is 638. The van der Waals surface area contributed by atoms with Crippen molar-refractivity contribution in [1.29, 1.82) is 0 Å². The van der Waals surface area contributed by atoms with E-state index in [2.05, 4.69) is 0 Å². The number of hydrogen-bond acceptors (Lipinski definition) is 4. The number of amides is 1. The van der Waals surface area contributed by atoms with Crippen molar-refractivity contribution in [3.63, 3.8) is 0 Å². The first-order valence-electron chi connectivity index (χ1n) is 6.42. The average molecular weight is 286 g/mol. The van der Waals surface area contributed by atoms with Crippen molar-refractivity contribution in [2.45, 2.75) is 0 Å². The lowest BCUT2D eigenvalue weighted by molar-refractivity contribution is 0.0994. The van der Waals surface area contributed by atoms with Gasteiger partial charge < -0.3 is 20.1 Å². The Hall–Kier alpha value is -2.69. The van der Waals surface area contributed by atoms with Crippen LogP contribution in [0, 0.1) is 0 Å². The van der Waals surface area contributed by atoms with Crippen LogP contribution in [0.3, 0.4) is 0 Å². The van der Waals surface area contributed by atoms with E-state index >= 15 is 0 Å². The van der Waals surface area contributed by atoms with Crippen molar-refractivity contribution in [2.75, 3.05) is 31.9 Å². The minimum atomic E-state index is -0.180. The molecule has 0 saturated heterocycles. The highest BCUT2D eigenvalue weighted by Gasteiger charge is 2.16. The van der Waals surface area contributed by atoms with Crippen LogP contribution in [-0.4, -0.2) is 27.2 Å². The lowest BCUT2D eigenvalue weighted by atomic mass is 10.1. The number of carbonyl (C=O) groups is 1. The molecule has 0 aromatic heterocycles. The molecular weight excluding hydrogens is 268 g/mol. The van der Waals surface area contributed by atoms with Crippen LogP contribution < -0.4 is 20.1 Å². The smallest absolute Gasteiger partial charge is 0.260 e. The second-order valence-electron chi connectivity index (χ2n) is 4.52. The summed E-state index contributed by atoms with van der Waals surface area (Å²) in [6.45, 7) is 0. The fourth-order valence-electron chi connectivity index (χ4n) is 1.97. The van der Waals surface area contributed by atoms with E-state index in [1.807, 2.05) is 12.1 Å². The monoisotopic (exact) mass is 286 g/mol. The molecule has 5 heteroatoms. The average Bonchev–Trinajstić information content (AvgIpc) is 2.53. The number of hydrogen-bond donors (Lipinski definition) is 1. The van der Waals surface area contributed by atoms with Crippen LogP contribution in [0.2, 0.25) is 0 Å². The van der Waals surface area contributed by atoms with E-state index < -0.39 is 0 Å². The second kappa shape index (κ2) is 6.17. The molecule has 2 N–H and O–H groups in total. The molecule has 0 bridgehead atoms. The molecule has 21 heavy (non-hydrogen) atoms. The molecule has 2 aromatic rings. The maximum atomic E-state index is 12.5. The van der Waals surface area contributed by atoms with Gasteiger partial charge in [0.05, 0.1) is 19.8 Å². The zero-order valence-electron chi connectivity index (χ0n) is 12.3. The maximum Gasteiger partial charge on any atom is 0.260 e. The Morgan fingerprint density at radius 3 is 2.10 bits per heavy atom. The number of ether oxygens (including phenoxy) is 2. The van der Waals surface area contributed by atoms with Gasteiger partial charge in [-0.05, 0) is 36.4 Å². The lowest BCUT2D eigenvalue weighted by Gasteiger charge is -2.19. The first-order chi connectivity index (χ1) is 10.1. The van der Waals surface area contributed by atoms with Crippen LogP contribution >= 0.6 is 0 Å². The molecule has 2 aromatic carbocycles. The Morgan fingerprint density at radius 2 is 1.57 bits per heavy atom. The number of nitrogen functional groups attached to an aromatic ring is 1. The van der Waals surface area contributed by atoms with Crippen LogP contribution in [-0.2, 0) is 0 Å². The highest BCUT2D eigenvalue weighted by molar-refractivity contribution is 6.09. The molecular formula is C16H18N2O3. The molecule has 0 aliphatic rings. The van der Waals surface area contributed by atoms with Gasteiger partial charge in [-0.3, -0.25) is 4.79 Å². The van der Waals surface area contributed by atoms with Crippen molar-refractivity contribution in [2.24, 2.45) is 0 Å². The number of benzene rings is 2. The predicted octanol–water partition coefficient (Wildman–Crippen LogP) is 2.56. The van der Waals surface area contributed by atoms with E-state index in [1.165, 1.54) is 4.90 Å². The summed E-state index contributed by atoms with van der Waals surface area (Å²) in [5.74, 6) is 1.18. The number of nitrogens with two attached hydrogens (primary N) is 1. The molecule has 0 unspecified atom stereocenters. The second-order valence-corrected chi connectivity index (χ2v) is 4.52. The largest absolute Gasteiger partial charge is 0.497 e. The molecule has 1 amide bonds. The van der Waals surface area contributed by atoms with Crippen molar-refractivity contribution in [3.05, 3.63) is 48.0 Å². The topological polar surface area (TPSA) is 64.8 Å². The van der Waals surface area contributed by atoms with Gasteiger partial charge in [-0.2, -0.15) is 0 Å². The van der Waals surface area contributed by atoms with Crippen LogP contribution in [0.5, 0.6) is 11.5 Å². The summed E-state index contributed by atoms with van der Waals surface area (Å²) in [5.41, 5.74) is 7.50. The zero-order chi connectivity index (χ0) is 15.4. The van der Waals surface area contributed by atoms with Gasteiger partial charge in [0.15, 0.2) is 0 Å².